The van der Waals surface area contributed by atoms with Crippen molar-refractivity contribution in [2.75, 3.05) is 26.4 Å². The Labute approximate surface area is 237 Å². The third-order valence-electron chi connectivity index (χ3n) is 7.34. The van der Waals surface area contributed by atoms with Gasteiger partial charge in [0.15, 0.2) is 10.8 Å². The second kappa shape index (κ2) is 11.5. The largest absolute Gasteiger partial charge is 0.478 e. The van der Waals surface area contributed by atoms with Crippen molar-refractivity contribution in [3.05, 3.63) is 62.5 Å². The van der Waals surface area contributed by atoms with Crippen LogP contribution in [0.25, 0.3) is 0 Å². The molecule has 0 radical (unpaired) electrons. The zero-order valence-corrected chi connectivity index (χ0v) is 23.0. The number of carboxylic acids is 1. The lowest BCUT2D eigenvalue weighted by molar-refractivity contribution is -0.211. The molecule has 11 nitrogen and oxygen atoms in total. The zero-order valence-electron chi connectivity index (χ0n) is 21.4. The summed E-state index contributed by atoms with van der Waals surface area (Å²) in [5.41, 5.74) is -1.25. The number of fused-ring (bicyclic) bond motifs is 2. The van der Waals surface area contributed by atoms with Crippen molar-refractivity contribution in [2.45, 2.75) is 49.6 Å². The lowest BCUT2D eigenvalue weighted by Gasteiger charge is -2.54. The number of carbonyl (C=O) groups is 2. The van der Waals surface area contributed by atoms with Crippen molar-refractivity contribution in [1.29, 1.82) is 0 Å². The highest BCUT2D eigenvalue weighted by molar-refractivity contribution is 7.11. The van der Waals surface area contributed by atoms with E-state index in [1.165, 1.54) is 23.5 Å². The molecule has 4 N–H and O–H groups in total. The molecule has 214 valence electrons. The third kappa shape index (κ3) is 5.49. The molecule has 0 aliphatic carbocycles. The van der Waals surface area contributed by atoms with Crippen LogP contribution in [0.3, 0.4) is 0 Å². The molecule has 2 aromatic rings. The Balaban J connectivity index is 1.52. The van der Waals surface area contributed by atoms with Crippen LogP contribution in [0.1, 0.15) is 36.4 Å². The van der Waals surface area contributed by atoms with Crippen molar-refractivity contribution in [3.63, 3.8) is 0 Å². The first-order chi connectivity index (χ1) is 19.1. The summed E-state index contributed by atoms with van der Waals surface area (Å²) in [6.45, 7) is 2.08. The highest BCUT2D eigenvalue weighted by atomic mass is 35.5. The van der Waals surface area contributed by atoms with E-state index in [2.05, 4.69) is 15.3 Å². The minimum atomic E-state index is -1.73. The molecule has 5 atom stereocenters. The van der Waals surface area contributed by atoms with Crippen LogP contribution >= 0.6 is 22.9 Å². The Morgan fingerprint density at radius 1 is 1.38 bits per heavy atom. The molecule has 2 saturated heterocycles. The molecule has 0 amide bonds. The first-order valence-electron chi connectivity index (χ1n) is 12.7. The number of carboxylic acid groups (broad SMARTS) is 1. The van der Waals surface area contributed by atoms with Gasteiger partial charge in [0.25, 0.3) is 0 Å². The van der Waals surface area contributed by atoms with Gasteiger partial charge < -0.3 is 30.1 Å². The predicted molar refractivity (Wildman–Crippen MR) is 143 cm³/mol. The average Bonchev–Trinajstić information content (AvgIpc) is 3.43. The van der Waals surface area contributed by atoms with Crippen LogP contribution in [0, 0.1) is 5.82 Å². The maximum Gasteiger partial charge on any atom is 0.335 e. The van der Waals surface area contributed by atoms with E-state index < -0.39 is 47.6 Å². The molecule has 40 heavy (non-hydrogen) atoms. The van der Waals surface area contributed by atoms with Crippen LogP contribution in [0.15, 0.2) is 46.0 Å². The molecule has 0 saturated carbocycles. The van der Waals surface area contributed by atoms with E-state index in [0.717, 1.165) is 6.07 Å². The molecule has 1 aromatic heterocycles. The smallest absolute Gasteiger partial charge is 0.335 e. The summed E-state index contributed by atoms with van der Waals surface area (Å²) >= 11 is 7.65. The lowest BCUT2D eigenvalue weighted by atomic mass is 9.76. The van der Waals surface area contributed by atoms with Crippen LogP contribution < -0.4 is 5.32 Å². The Morgan fingerprint density at radius 3 is 2.85 bits per heavy atom. The average molecular weight is 595 g/mol. The molecule has 14 heteroatoms. The number of aliphatic imine (C=N–C) groups is 1. The number of rotatable bonds is 8. The van der Waals surface area contributed by atoms with Crippen molar-refractivity contribution < 1.29 is 38.8 Å². The number of halogens is 2. The van der Waals surface area contributed by atoms with Gasteiger partial charge in [0.1, 0.15) is 23.6 Å². The number of aliphatic hydroxyl groups excluding tert-OH is 1. The summed E-state index contributed by atoms with van der Waals surface area (Å²) in [7, 11) is 0. The number of esters is 1. The summed E-state index contributed by atoms with van der Waals surface area (Å²) in [4.78, 5) is 35.7. The second-order valence-corrected chi connectivity index (χ2v) is 11.2. The van der Waals surface area contributed by atoms with Crippen molar-refractivity contribution in [3.8, 4) is 0 Å². The van der Waals surface area contributed by atoms with E-state index in [9.17, 15) is 29.3 Å². The number of morpholine rings is 1. The fourth-order valence-electron chi connectivity index (χ4n) is 5.56. The van der Waals surface area contributed by atoms with Gasteiger partial charge in [-0.25, -0.2) is 14.2 Å². The van der Waals surface area contributed by atoms with Crippen molar-refractivity contribution in [2.24, 2.45) is 4.99 Å². The van der Waals surface area contributed by atoms with E-state index in [0.29, 0.717) is 16.4 Å². The normalized spacial score (nSPS) is 28.6. The second-order valence-electron chi connectivity index (χ2n) is 9.87. The number of aromatic nitrogens is 1. The number of aliphatic carboxylic acids is 1. The van der Waals surface area contributed by atoms with Crippen LogP contribution in [-0.4, -0.2) is 93.1 Å². The fraction of sp³-hybridized carbons (Fsp3) is 0.462. The Bertz CT molecular complexity index is 1360. The van der Waals surface area contributed by atoms with Gasteiger partial charge in [-0.3, -0.25) is 14.7 Å². The number of benzene rings is 1. The van der Waals surface area contributed by atoms with Gasteiger partial charge in [0.05, 0.1) is 37.9 Å². The van der Waals surface area contributed by atoms with E-state index >= 15 is 0 Å². The fourth-order valence-corrected chi connectivity index (χ4v) is 6.42. The molecule has 3 aliphatic heterocycles. The quantitative estimate of drug-likeness (QED) is 0.333. The molecule has 5 rings (SSSR count). The number of hydrogen-bond acceptors (Lipinski definition) is 11. The minimum Gasteiger partial charge on any atom is -0.478 e. The SMILES string of the molecule is CCOC(=O)CC1(O)CC2COCC(C1O)N2CC1=C(C(=O)O)[C@H](c2ccc(F)cc2Cl)N=C(c2nccs2)N1. The highest BCUT2D eigenvalue weighted by Gasteiger charge is 2.54. The van der Waals surface area contributed by atoms with Crippen LogP contribution in [0.4, 0.5) is 4.39 Å². The molecular weight excluding hydrogens is 567 g/mol. The minimum absolute atomic E-state index is 0.000187. The Kier molecular flexibility index (Phi) is 8.22. The molecular formula is C26H28ClFN4O7S. The van der Waals surface area contributed by atoms with E-state index in [1.54, 1.807) is 18.5 Å². The van der Waals surface area contributed by atoms with Gasteiger partial charge in [0.2, 0.25) is 0 Å². The van der Waals surface area contributed by atoms with E-state index in [4.69, 9.17) is 21.1 Å². The highest BCUT2D eigenvalue weighted by Crippen LogP contribution is 2.40. The summed E-state index contributed by atoms with van der Waals surface area (Å²) in [5, 5.41) is 38.2. The van der Waals surface area contributed by atoms with E-state index in [-0.39, 0.29) is 55.5 Å². The number of amidine groups is 1. The van der Waals surface area contributed by atoms with Crippen molar-refractivity contribution >= 4 is 40.7 Å². The summed E-state index contributed by atoms with van der Waals surface area (Å²) < 4.78 is 24.5. The molecule has 2 bridgehead atoms. The third-order valence-corrected chi connectivity index (χ3v) is 8.45. The molecule has 3 aliphatic rings. The maximum atomic E-state index is 13.8. The maximum absolute atomic E-state index is 13.8. The first-order valence-corrected chi connectivity index (χ1v) is 13.9. The lowest BCUT2D eigenvalue weighted by Crippen LogP contribution is -2.70. The first kappa shape index (κ1) is 28.6. The number of hydrogen-bond donors (Lipinski definition) is 4. The number of nitrogens with zero attached hydrogens (tertiary/aromatic N) is 3. The van der Waals surface area contributed by atoms with Crippen molar-refractivity contribution in [1.82, 2.24) is 15.2 Å². The predicted octanol–water partition coefficient (Wildman–Crippen LogP) is 1.88. The molecule has 4 heterocycles. The standard InChI is InChI=1S/C26H28ClFN4O7S/c1-2-39-19(33)9-26(37)8-14-11-38-12-18(22(26)34)32(14)10-17-20(25(35)36)21(15-4-3-13(28)7-16(15)27)31-23(30-17)24-29-5-6-40-24/h3-7,14,18,21-22,34,37H,2,8-12H2,1H3,(H,30,31)(H,35,36)/t14?,18?,21-,22?,26?/m0/s1. The summed E-state index contributed by atoms with van der Waals surface area (Å²) in [6, 6.07) is 1.43. The molecule has 1 aromatic carbocycles. The van der Waals surface area contributed by atoms with Gasteiger partial charge in [-0.1, -0.05) is 17.7 Å². The Morgan fingerprint density at radius 2 is 2.17 bits per heavy atom. The van der Waals surface area contributed by atoms with Gasteiger partial charge in [-0.15, -0.1) is 11.3 Å². The zero-order chi connectivity index (χ0) is 28.6. The number of aliphatic hydroxyl groups is 2. The van der Waals surface area contributed by atoms with Gasteiger partial charge in [-0.2, -0.15) is 0 Å². The number of ether oxygens (including phenoxy) is 2. The number of nitrogens with one attached hydrogen (secondary N) is 1. The van der Waals surface area contributed by atoms with E-state index in [1.807, 2.05) is 4.90 Å². The molecule has 4 unspecified atom stereocenters. The van der Waals surface area contributed by atoms with Gasteiger partial charge >= 0.3 is 11.9 Å². The van der Waals surface area contributed by atoms with Crippen LogP contribution in [0.5, 0.6) is 0 Å². The number of piperidine rings is 1. The molecule has 0 spiro atoms. The van der Waals surface area contributed by atoms with Crippen LogP contribution in [0.2, 0.25) is 5.02 Å². The van der Waals surface area contributed by atoms with Gasteiger partial charge in [0, 0.05) is 40.4 Å². The van der Waals surface area contributed by atoms with Gasteiger partial charge in [-0.05, 0) is 25.5 Å². The van der Waals surface area contributed by atoms with Crippen LogP contribution in [-0.2, 0) is 19.1 Å². The number of carbonyl (C=O) groups excluding carboxylic acids is 1. The molecule has 2 fully saturated rings. The topological polar surface area (TPSA) is 154 Å². The Hall–Kier alpha value is -2.94. The summed E-state index contributed by atoms with van der Waals surface area (Å²) in [5.74, 6) is -2.13. The summed E-state index contributed by atoms with van der Waals surface area (Å²) in [6.07, 6.45) is -0.163. The number of thiazole rings is 1. The monoisotopic (exact) mass is 594 g/mol.